The molecule has 7 nitrogen and oxygen atoms in total. The summed E-state index contributed by atoms with van der Waals surface area (Å²) in [6.07, 6.45) is 0. The molecule has 0 atom stereocenters. The molecule has 0 saturated carbocycles. The van der Waals surface area contributed by atoms with Crippen molar-refractivity contribution in [1.82, 2.24) is 10.2 Å². The molecule has 1 saturated heterocycles. The average Bonchev–Trinajstić information content (AvgIpc) is 2.44. The van der Waals surface area contributed by atoms with Crippen molar-refractivity contribution < 1.29 is 19.1 Å². The van der Waals surface area contributed by atoms with Crippen LogP contribution in [-0.4, -0.2) is 42.3 Å². The van der Waals surface area contributed by atoms with E-state index in [0.717, 1.165) is 4.90 Å². The average molecular weight is 273 g/mol. The normalized spacial score (nSPS) is 14.4. The van der Waals surface area contributed by atoms with Gasteiger partial charge in [-0.25, -0.2) is 0 Å². The Balaban J connectivity index is 1.89. The van der Waals surface area contributed by atoms with Crippen molar-refractivity contribution in [3.8, 4) is 11.8 Å². The van der Waals surface area contributed by atoms with Crippen molar-refractivity contribution in [3.05, 3.63) is 29.8 Å². The Labute approximate surface area is 114 Å². The SMILES string of the molecule is N#Cc1ccc(OCC(=O)N2CC(=O)NC(=O)C2)cc1. The molecule has 1 aliphatic heterocycles. The molecular formula is C13H11N3O4. The molecule has 1 N–H and O–H groups in total. The molecule has 1 heterocycles. The second kappa shape index (κ2) is 5.84. The number of carbonyl (C=O) groups excluding carboxylic acids is 3. The number of hydrogen-bond donors (Lipinski definition) is 1. The molecule has 1 aliphatic rings. The highest BCUT2D eigenvalue weighted by atomic mass is 16.5. The van der Waals surface area contributed by atoms with Gasteiger partial charge in [0.25, 0.3) is 5.91 Å². The van der Waals surface area contributed by atoms with Gasteiger partial charge in [0.1, 0.15) is 18.8 Å². The second-order valence-corrected chi connectivity index (χ2v) is 4.15. The highest BCUT2D eigenvalue weighted by Gasteiger charge is 2.26. The predicted octanol–water partition coefficient (Wildman–Crippen LogP) is -0.578. The number of benzene rings is 1. The van der Waals surface area contributed by atoms with E-state index in [1.807, 2.05) is 6.07 Å². The van der Waals surface area contributed by atoms with Gasteiger partial charge in [0.05, 0.1) is 11.6 Å². The molecule has 0 unspecified atom stereocenters. The van der Waals surface area contributed by atoms with E-state index in [0.29, 0.717) is 11.3 Å². The van der Waals surface area contributed by atoms with Crippen LogP contribution in [0.5, 0.6) is 5.75 Å². The summed E-state index contributed by atoms with van der Waals surface area (Å²) in [5, 5.41) is 10.8. The van der Waals surface area contributed by atoms with Gasteiger partial charge in [-0.1, -0.05) is 0 Å². The van der Waals surface area contributed by atoms with Crippen LogP contribution in [0.4, 0.5) is 0 Å². The lowest BCUT2D eigenvalue weighted by atomic mass is 10.2. The largest absolute Gasteiger partial charge is 0.484 e. The molecular weight excluding hydrogens is 262 g/mol. The third-order valence-electron chi connectivity index (χ3n) is 2.65. The Bertz CT molecular complexity index is 573. The maximum atomic E-state index is 11.8. The van der Waals surface area contributed by atoms with Gasteiger partial charge in [-0.15, -0.1) is 0 Å². The molecule has 2 rings (SSSR count). The Hall–Kier alpha value is -2.88. The molecule has 0 radical (unpaired) electrons. The van der Waals surface area contributed by atoms with Gasteiger partial charge in [-0.2, -0.15) is 5.26 Å². The molecule has 1 fully saturated rings. The smallest absolute Gasteiger partial charge is 0.261 e. The van der Waals surface area contributed by atoms with Crippen molar-refractivity contribution in [2.24, 2.45) is 0 Å². The van der Waals surface area contributed by atoms with Gasteiger partial charge in [-0.05, 0) is 24.3 Å². The van der Waals surface area contributed by atoms with Crippen LogP contribution >= 0.6 is 0 Å². The van der Waals surface area contributed by atoms with E-state index >= 15 is 0 Å². The maximum absolute atomic E-state index is 11.8. The summed E-state index contributed by atoms with van der Waals surface area (Å²) in [5.74, 6) is -1.02. The summed E-state index contributed by atoms with van der Waals surface area (Å²) in [6, 6.07) is 8.24. The number of piperazine rings is 1. The number of nitrogens with one attached hydrogen (secondary N) is 1. The Morgan fingerprint density at radius 3 is 2.40 bits per heavy atom. The van der Waals surface area contributed by atoms with Gasteiger partial charge in [0.2, 0.25) is 11.8 Å². The molecule has 3 amide bonds. The first-order valence-corrected chi connectivity index (χ1v) is 5.82. The first-order chi connectivity index (χ1) is 9.58. The zero-order valence-corrected chi connectivity index (χ0v) is 10.5. The third-order valence-corrected chi connectivity index (χ3v) is 2.65. The van der Waals surface area contributed by atoms with Crippen molar-refractivity contribution >= 4 is 17.7 Å². The van der Waals surface area contributed by atoms with E-state index in [-0.39, 0.29) is 19.7 Å². The van der Waals surface area contributed by atoms with Gasteiger partial charge in [-0.3, -0.25) is 19.7 Å². The summed E-state index contributed by atoms with van der Waals surface area (Å²) >= 11 is 0. The second-order valence-electron chi connectivity index (χ2n) is 4.15. The fraction of sp³-hybridized carbons (Fsp3) is 0.231. The van der Waals surface area contributed by atoms with Gasteiger partial charge < -0.3 is 9.64 Å². The predicted molar refractivity (Wildman–Crippen MR) is 66.4 cm³/mol. The van der Waals surface area contributed by atoms with Crippen LogP contribution < -0.4 is 10.1 Å². The van der Waals surface area contributed by atoms with E-state index in [9.17, 15) is 14.4 Å². The monoisotopic (exact) mass is 273 g/mol. The Morgan fingerprint density at radius 1 is 1.25 bits per heavy atom. The van der Waals surface area contributed by atoms with Crippen LogP contribution in [0.15, 0.2) is 24.3 Å². The molecule has 0 aliphatic carbocycles. The Morgan fingerprint density at radius 2 is 1.85 bits per heavy atom. The summed E-state index contributed by atoms with van der Waals surface area (Å²) in [4.78, 5) is 35.2. The number of nitriles is 1. The van der Waals surface area contributed by atoms with Crippen molar-refractivity contribution in [2.45, 2.75) is 0 Å². The van der Waals surface area contributed by atoms with Crippen molar-refractivity contribution in [2.75, 3.05) is 19.7 Å². The van der Waals surface area contributed by atoms with E-state index in [1.165, 1.54) is 0 Å². The van der Waals surface area contributed by atoms with E-state index in [1.54, 1.807) is 24.3 Å². The first kappa shape index (κ1) is 13.5. The number of hydrogen-bond acceptors (Lipinski definition) is 5. The lowest BCUT2D eigenvalue weighted by molar-refractivity contribution is -0.146. The summed E-state index contributed by atoms with van der Waals surface area (Å²) < 4.78 is 5.25. The highest BCUT2D eigenvalue weighted by molar-refractivity contribution is 6.02. The number of imide groups is 1. The van der Waals surface area contributed by atoms with Crippen LogP contribution in [0.3, 0.4) is 0 Å². The van der Waals surface area contributed by atoms with Crippen LogP contribution in [0.1, 0.15) is 5.56 Å². The lowest BCUT2D eigenvalue weighted by Gasteiger charge is -2.25. The Kier molecular flexibility index (Phi) is 3.96. The molecule has 0 bridgehead atoms. The van der Waals surface area contributed by atoms with Crippen molar-refractivity contribution in [1.29, 1.82) is 5.26 Å². The summed E-state index contributed by atoms with van der Waals surface area (Å²) in [5.41, 5.74) is 0.488. The molecule has 0 spiro atoms. The van der Waals surface area contributed by atoms with Gasteiger partial charge in [0, 0.05) is 0 Å². The number of carbonyl (C=O) groups is 3. The van der Waals surface area contributed by atoms with Crippen LogP contribution in [0.25, 0.3) is 0 Å². The van der Waals surface area contributed by atoms with Gasteiger partial charge in [0.15, 0.2) is 6.61 Å². The molecule has 1 aromatic carbocycles. The van der Waals surface area contributed by atoms with Gasteiger partial charge >= 0.3 is 0 Å². The topological polar surface area (TPSA) is 99.5 Å². The van der Waals surface area contributed by atoms with E-state index in [4.69, 9.17) is 10.00 Å². The van der Waals surface area contributed by atoms with Crippen LogP contribution in [0, 0.1) is 11.3 Å². The minimum atomic E-state index is -0.507. The lowest BCUT2D eigenvalue weighted by Crippen LogP contribution is -2.54. The zero-order valence-electron chi connectivity index (χ0n) is 10.5. The van der Waals surface area contributed by atoms with Crippen LogP contribution in [0.2, 0.25) is 0 Å². The summed E-state index contributed by atoms with van der Waals surface area (Å²) in [6.45, 7) is -0.574. The number of amides is 3. The maximum Gasteiger partial charge on any atom is 0.261 e. The first-order valence-electron chi connectivity index (χ1n) is 5.82. The highest BCUT2D eigenvalue weighted by Crippen LogP contribution is 2.11. The fourth-order valence-electron chi connectivity index (χ4n) is 1.68. The zero-order chi connectivity index (χ0) is 14.5. The minimum Gasteiger partial charge on any atom is -0.484 e. The number of nitrogens with zero attached hydrogens (tertiary/aromatic N) is 2. The van der Waals surface area contributed by atoms with Crippen LogP contribution in [-0.2, 0) is 14.4 Å². The quantitative estimate of drug-likeness (QED) is 0.743. The van der Waals surface area contributed by atoms with Crippen molar-refractivity contribution in [3.63, 3.8) is 0 Å². The van der Waals surface area contributed by atoms with E-state index in [2.05, 4.69) is 5.32 Å². The number of rotatable bonds is 3. The molecule has 20 heavy (non-hydrogen) atoms. The third kappa shape index (κ3) is 3.32. The van der Waals surface area contributed by atoms with E-state index < -0.39 is 17.7 Å². The molecule has 102 valence electrons. The molecule has 7 heteroatoms. The fourth-order valence-corrected chi connectivity index (χ4v) is 1.68. The molecule has 1 aromatic rings. The minimum absolute atomic E-state index is 0.151. The molecule has 0 aromatic heterocycles. The number of ether oxygens (including phenoxy) is 1. The summed E-state index contributed by atoms with van der Waals surface area (Å²) in [7, 11) is 0. The standard InChI is InChI=1S/C13H11N3O4/c14-5-9-1-3-10(4-2-9)20-8-13(19)16-6-11(17)15-12(18)7-16/h1-4H,6-8H2,(H,15,17,18).